The lowest BCUT2D eigenvalue weighted by atomic mass is 9.96. The highest BCUT2D eigenvalue weighted by Crippen LogP contribution is 2.32. The lowest BCUT2D eigenvalue weighted by molar-refractivity contribution is -0.112. The second-order valence-corrected chi connectivity index (χ2v) is 30.6. The van der Waals surface area contributed by atoms with Gasteiger partial charge in [-0.2, -0.15) is 19.9 Å². The van der Waals surface area contributed by atoms with Gasteiger partial charge in [0.05, 0.1) is 80.3 Å². The van der Waals surface area contributed by atoms with E-state index in [0.29, 0.717) is 113 Å². The largest absolute Gasteiger partial charge is 0.493 e. The minimum Gasteiger partial charge on any atom is -0.493 e. The minimum atomic E-state index is -0.621. The molecule has 5 aromatic carbocycles. The molecule has 12 aromatic rings. The van der Waals surface area contributed by atoms with Crippen molar-refractivity contribution in [3.8, 4) is 17.5 Å². The highest BCUT2D eigenvalue weighted by molar-refractivity contribution is 6.01. The first-order valence-corrected chi connectivity index (χ1v) is 42.4. The normalized spacial score (nSPS) is 13.4. The Bertz CT molecular complexity index is 5950. The van der Waals surface area contributed by atoms with Crippen LogP contribution in [0.15, 0.2) is 252 Å². The van der Waals surface area contributed by atoms with Gasteiger partial charge in [-0.3, -0.25) is 19.2 Å². The van der Waals surface area contributed by atoms with Crippen LogP contribution in [0.4, 0.5) is 139 Å². The Morgan fingerprint density at radius 2 is 0.774 bits per heavy atom. The van der Waals surface area contributed by atoms with Gasteiger partial charge in [0.15, 0.2) is 46.5 Å². The molecule has 3 aliphatic rings. The highest BCUT2D eigenvalue weighted by Gasteiger charge is 2.23. The molecule has 2 aliphatic heterocycles. The standard InChI is InChI=1S/C26H29FN6O2.C25H28FN7O2.C22H24FN7O2.C22H21FN6O2/c1-3-24(34)29-19-8-4-9-20(13-19)30-25-23(27)15-28-26(32-25)31-21-10-5-11-22(14-21)35-17-18-7-6-12-33(2)16-18;1-3-22(34)29-18-5-4-6-19(13-18)30-24-21(26)15-28-25(32-24)31-20-7-8-23(27-14-20)35-16-17-9-11-33(2)12-10-17;1-4-20(31)26-15-6-5-7-16(12-15)27-21-18(23)14-25-22(29-21)28-17-8-9-19(24-13-17)30(2)10-11-32-3;1-2-19(30)26-14-5-3-6-15(11-14)27-21-18(23)13-25-22(29-21)28-16-9-10-20(24-12-16)31-17-7-4-8-17/h3-5,8-11,13-15,18H,1,6-7,12,16-17H2,2H3,(H,29,34)(H2,28,30,31,32);3-8,13-15,17H,1,9-12,16H2,2H3,(H,29,34)(H2,28,30,31,32);4-9,12-14H,1,10-11H2,2-3H3,(H,26,31)(H2,25,27,28,29);2-3,5-6,9-13,17H,1,4,7-8H2,(H,26,30)(H2,25,27,28,29). The number of halogens is 4. The number of carbonyl (C=O) groups is 4. The van der Waals surface area contributed by atoms with Gasteiger partial charge >= 0.3 is 0 Å². The summed E-state index contributed by atoms with van der Waals surface area (Å²) in [6.07, 6.45) is 22.1. The van der Waals surface area contributed by atoms with E-state index < -0.39 is 23.3 Å². The Kier molecular flexibility index (Phi) is 35.3. The molecule has 9 heterocycles. The summed E-state index contributed by atoms with van der Waals surface area (Å²) >= 11 is 0. The van der Waals surface area contributed by atoms with E-state index in [0.717, 1.165) is 93.9 Å². The average Bonchev–Trinajstić information content (AvgIpc) is 0.857. The van der Waals surface area contributed by atoms with Gasteiger partial charge in [0.25, 0.3) is 0 Å². The molecule has 1 unspecified atom stereocenters. The van der Waals surface area contributed by atoms with Crippen molar-refractivity contribution < 1.29 is 55.7 Å². The number of likely N-dealkylation sites (tertiary alicyclic amines) is 2. The quantitative estimate of drug-likeness (QED) is 0.0128. The van der Waals surface area contributed by atoms with Crippen molar-refractivity contribution in [3.05, 3.63) is 275 Å². The first-order valence-electron chi connectivity index (χ1n) is 42.4. The number of methoxy groups -OCH3 is 1. The van der Waals surface area contributed by atoms with Gasteiger partial charge in [-0.15, -0.1) is 0 Å². The van der Waals surface area contributed by atoms with Gasteiger partial charge in [0, 0.05) is 103 Å². The molecule has 688 valence electrons. The predicted molar refractivity (Wildman–Crippen MR) is 509 cm³/mol. The summed E-state index contributed by atoms with van der Waals surface area (Å²) in [5.74, 6) is 0.715. The molecule has 15 rings (SSSR count). The number of carbonyl (C=O) groups excluding carboxylic acids is 4. The zero-order chi connectivity index (χ0) is 93.8. The van der Waals surface area contributed by atoms with Crippen molar-refractivity contribution in [2.75, 3.05) is 149 Å². The summed E-state index contributed by atoms with van der Waals surface area (Å²) in [4.78, 5) is 98.5. The number of nitrogens with zero attached hydrogens (tertiary/aromatic N) is 14. The van der Waals surface area contributed by atoms with Gasteiger partial charge in [-0.05, 0) is 218 Å². The maximum absolute atomic E-state index is 14.4. The van der Waals surface area contributed by atoms with Crippen LogP contribution in [0.5, 0.6) is 17.5 Å². The summed E-state index contributed by atoms with van der Waals surface area (Å²) in [5.41, 5.74) is 7.02. The Morgan fingerprint density at radius 3 is 1.14 bits per heavy atom. The van der Waals surface area contributed by atoms with Crippen LogP contribution in [0.2, 0.25) is 0 Å². The van der Waals surface area contributed by atoms with E-state index in [-0.39, 0.29) is 76.8 Å². The molecule has 1 aliphatic carbocycles. The number of benzene rings is 5. The zero-order valence-corrected chi connectivity index (χ0v) is 73.6. The van der Waals surface area contributed by atoms with Crippen LogP contribution in [-0.4, -0.2) is 175 Å². The summed E-state index contributed by atoms with van der Waals surface area (Å²) in [5, 5.41) is 34.4. The number of nitrogens with one attached hydrogen (secondary N) is 12. The molecule has 0 spiro atoms. The zero-order valence-electron chi connectivity index (χ0n) is 73.6. The SMILES string of the molecule is C=CC(=O)Nc1cccc(Nc2nc(Nc3ccc(N(C)CCOC)nc3)ncc2F)c1.C=CC(=O)Nc1cccc(Nc2nc(Nc3ccc(OC4CCC4)nc3)ncc2F)c1.C=CC(=O)Nc1cccc(Nc2nc(Nc3ccc(OCC4CCN(C)CC4)nc3)ncc2F)c1.C=CC(=O)Nc1cccc(Nc2nc(Nc3cccc(OCC4CCCN(C)C4)c3)ncc2F)c1. The topological polar surface area (TPSA) is 401 Å². The molecule has 3 fully saturated rings. The number of pyridine rings is 3. The first kappa shape index (κ1) is 96.0. The first-order chi connectivity index (χ1) is 64.5. The van der Waals surface area contributed by atoms with Crippen LogP contribution < -0.4 is 82.9 Å². The Morgan fingerprint density at radius 1 is 0.398 bits per heavy atom. The van der Waals surface area contributed by atoms with E-state index in [1.54, 1.807) is 141 Å². The van der Waals surface area contributed by atoms with Crippen LogP contribution in [0.3, 0.4) is 0 Å². The lowest BCUT2D eigenvalue weighted by Crippen LogP contribution is -2.34. The van der Waals surface area contributed by atoms with Crippen molar-refractivity contribution in [2.24, 2.45) is 11.8 Å². The Balaban J connectivity index is 0.000000160. The van der Waals surface area contributed by atoms with Crippen LogP contribution >= 0.6 is 0 Å². The summed E-state index contributed by atoms with van der Waals surface area (Å²) < 4.78 is 80.0. The molecule has 1 saturated carbocycles. The second-order valence-electron chi connectivity index (χ2n) is 30.6. The van der Waals surface area contributed by atoms with E-state index in [1.165, 1.54) is 43.6 Å². The molecular formula is C95H102F4N26O8. The monoisotopic (exact) mass is 1810 g/mol. The molecular weight excluding hydrogens is 1710 g/mol. The number of hydrogen-bond donors (Lipinski definition) is 12. The van der Waals surface area contributed by atoms with Crippen molar-refractivity contribution in [3.63, 3.8) is 0 Å². The maximum Gasteiger partial charge on any atom is 0.247 e. The number of ether oxygens (including phenoxy) is 4. The summed E-state index contributed by atoms with van der Waals surface area (Å²) in [7, 11) is 7.85. The Labute approximate surface area is 766 Å². The van der Waals surface area contributed by atoms with Crippen LogP contribution in [0, 0.1) is 35.1 Å². The average molecular weight is 1810 g/mol. The third-order valence-corrected chi connectivity index (χ3v) is 20.2. The Hall–Kier alpha value is -16.1. The minimum absolute atomic E-state index is 0.00326. The van der Waals surface area contributed by atoms with Crippen LogP contribution in [-0.2, 0) is 23.9 Å². The third kappa shape index (κ3) is 31.1. The van der Waals surface area contributed by atoms with Gasteiger partial charge in [0.2, 0.25) is 59.2 Å². The second kappa shape index (κ2) is 48.9. The number of rotatable bonds is 36. The summed E-state index contributed by atoms with van der Waals surface area (Å²) in [6.45, 7) is 20.7. The van der Waals surface area contributed by atoms with Crippen LogP contribution in [0.1, 0.15) is 44.9 Å². The van der Waals surface area contributed by atoms with E-state index in [9.17, 15) is 36.7 Å². The fourth-order valence-corrected chi connectivity index (χ4v) is 13.1. The molecule has 0 bridgehead atoms. The number of anilines is 21. The molecule has 1 atom stereocenters. The molecule has 4 amide bonds. The van der Waals surface area contributed by atoms with Crippen molar-refractivity contribution >= 4 is 145 Å². The molecule has 7 aromatic heterocycles. The third-order valence-electron chi connectivity index (χ3n) is 20.2. The number of likely N-dealkylation sites (N-methyl/N-ethyl adjacent to an activating group) is 1. The van der Waals surface area contributed by atoms with Gasteiger partial charge in [0.1, 0.15) is 17.7 Å². The summed E-state index contributed by atoms with van der Waals surface area (Å²) in [6, 6.07) is 45.7. The smallest absolute Gasteiger partial charge is 0.247 e. The fraction of sp³-hybridized carbons (Fsp3) is 0.232. The molecule has 34 nitrogen and oxygen atoms in total. The van der Waals surface area contributed by atoms with Crippen molar-refractivity contribution in [1.82, 2.24) is 64.6 Å². The molecule has 0 radical (unpaired) electrons. The van der Waals surface area contributed by atoms with E-state index in [4.69, 9.17) is 18.9 Å². The maximum atomic E-state index is 14.4. The number of piperidine rings is 2. The number of hydrogen-bond acceptors (Lipinski definition) is 30. The van der Waals surface area contributed by atoms with E-state index >= 15 is 0 Å². The van der Waals surface area contributed by atoms with E-state index in [2.05, 4.69) is 169 Å². The predicted octanol–water partition coefficient (Wildman–Crippen LogP) is 17.5. The molecule has 38 heteroatoms. The van der Waals surface area contributed by atoms with Crippen molar-refractivity contribution in [2.45, 2.75) is 51.0 Å². The van der Waals surface area contributed by atoms with E-state index in [1.807, 2.05) is 54.4 Å². The molecule has 12 N–H and O–H groups in total. The molecule has 2 saturated heterocycles. The van der Waals surface area contributed by atoms with Gasteiger partial charge in [-0.25, -0.2) is 52.4 Å². The van der Waals surface area contributed by atoms with Gasteiger partial charge in [-0.1, -0.05) is 56.6 Å². The lowest BCUT2D eigenvalue weighted by Gasteiger charge is -2.29. The highest BCUT2D eigenvalue weighted by atomic mass is 19.1. The van der Waals surface area contributed by atoms with Crippen molar-refractivity contribution in [1.29, 1.82) is 0 Å². The number of amides is 4. The molecule has 133 heavy (non-hydrogen) atoms. The number of aromatic nitrogens is 11. The fourth-order valence-electron chi connectivity index (χ4n) is 13.1. The van der Waals surface area contributed by atoms with Gasteiger partial charge < -0.3 is 97.4 Å². The van der Waals surface area contributed by atoms with Crippen LogP contribution in [0.25, 0.3) is 0 Å².